The van der Waals surface area contributed by atoms with Gasteiger partial charge in [-0.2, -0.15) is 0 Å². The number of hydrogen-bond donors (Lipinski definition) is 1. The van der Waals surface area contributed by atoms with Gasteiger partial charge in [0.05, 0.1) is 13.2 Å². The minimum Gasteiger partial charge on any atom is -0.378 e. The summed E-state index contributed by atoms with van der Waals surface area (Å²) in [5, 5.41) is 3.44. The lowest BCUT2D eigenvalue weighted by molar-refractivity contribution is -0.111. The van der Waals surface area contributed by atoms with Crippen molar-refractivity contribution in [3.05, 3.63) is 70.3 Å². The molecule has 0 radical (unpaired) electrons. The van der Waals surface area contributed by atoms with Crippen LogP contribution in [0.3, 0.4) is 0 Å². The number of carbonyl (C=O) groups is 2. The summed E-state index contributed by atoms with van der Waals surface area (Å²) in [6.45, 7) is 4.19. The second kappa shape index (κ2) is 8.84. The SMILES string of the molecule is Cc1ccc(C=CC(=O)Nc2cccc(C(=O)N3CCOCC3)c2)cc1Cl. The molecule has 1 N–H and O–H groups in total. The van der Waals surface area contributed by atoms with Gasteiger partial charge in [-0.3, -0.25) is 9.59 Å². The third kappa shape index (κ3) is 5.18. The number of nitrogens with one attached hydrogen (secondary N) is 1. The van der Waals surface area contributed by atoms with Crippen LogP contribution in [0.5, 0.6) is 0 Å². The lowest BCUT2D eigenvalue weighted by Crippen LogP contribution is -2.40. The largest absolute Gasteiger partial charge is 0.378 e. The van der Waals surface area contributed by atoms with E-state index >= 15 is 0 Å². The van der Waals surface area contributed by atoms with E-state index in [2.05, 4.69) is 5.32 Å². The van der Waals surface area contributed by atoms with Gasteiger partial charge in [-0.25, -0.2) is 0 Å². The van der Waals surface area contributed by atoms with E-state index in [0.717, 1.165) is 11.1 Å². The maximum absolute atomic E-state index is 12.5. The quantitative estimate of drug-likeness (QED) is 0.816. The summed E-state index contributed by atoms with van der Waals surface area (Å²) in [7, 11) is 0. The van der Waals surface area contributed by atoms with Gasteiger partial charge in [-0.15, -0.1) is 0 Å². The molecule has 0 atom stereocenters. The molecule has 0 aromatic heterocycles. The summed E-state index contributed by atoms with van der Waals surface area (Å²) >= 11 is 6.09. The summed E-state index contributed by atoms with van der Waals surface area (Å²) in [5.74, 6) is -0.332. The summed E-state index contributed by atoms with van der Waals surface area (Å²) in [4.78, 5) is 26.5. The van der Waals surface area contributed by atoms with Gasteiger partial charge in [0.1, 0.15) is 0 Å². The molecule has 0 saturated carbocycles. The van der Waals surface area contributed by atoms with Crippen molar-refractivity contribution in [2.24, 2.45) is 0 Å². The Morgan fingerprint density at radius 1 is 1.15 bits per heavy atom. The van der Waals surface area contributed by atoms with Crippen molar-refractivity contribution in [1.82, 2.24) is 4.90 Å². The van der Waals surface area contributed by atoms with Gasteiger partial charge in [0.2, 0.25) is 5.91 Å². The third-order valence-electron chi connectivity index (χ3n) is 4.30. The molecule has 0 spiro atoms. The van der Waals surface area contributed by atoms with E-state index in [9.17, 15) is 9.59 Å². The number of morpholine rings is 1. The first-order chi connectivity index (χ1) is 13.0. The van der Waals surface area contributed by atoms with Crippen molar-refractivity contribution < 1.29 is 14.3 Å². The molecular weight excluding hydrogens is 364 g/mol. The van der Waals surface area contributed by atoms with Crippen LogP contribution in [0.15, 0.2) is 48.5 Å². The lowest BCUT2D eigenvalue weighted by Gasteiger charge is -2.27. The molecule has 1 aliphatic rings. The van der Waals surface area contributed by atoms with Gasteiger partial charge < -0.3 is 15.0 Å². The fraction of sp³-hybridized carbons (Fsp3) is 0.238. The number of halogens is 1. The predicted molar refractivity (Wildman–Crippen MR) is 107 cm³/mol. The van der Waals surface area contributed by atoms with Crippen LogP contribution in [0.4, 0.5) is 5.69 Å². The Morgan fingerprint density at radius 3 is 2.67 bits per heavy atom. The molecule has 2 aromatic carbocycles. The number of ether oxygens (including phenoxy) is 1. The van der Waals surface area contributed by atoms with Crippen LogP contribution in [0, 0.1) is 6.92 Å². The average Bonchev–Trinajstić information content (AvgIpc) is 2.69. The van der Waals surface area contributed by atoms with Gasteiger partial charge in [0, 0.05) is 35.4 Å². The highest BCUT2D eigenvalue weighted by atomic mass is 35.5. The molecule has 0 aliphatic carbocycles. The Labute approximate surface area is 163 Å². The van der Waals surface area contributed by atoms with E-state index in [1.54, 1.807) is 35.2 Å². The number of rotatable bonds is 4. The van der Waals surface area contributed by atoms with Gasteiger partial charge in [-0.05, 0) is 48.4 Å². The Morgan fingerprint density at radius 2 is 1.93 bits per heavy atom. The van der Waals surface area contributed by atoms with Crippen molar-refractivity contribution in [3.8, 4) is 0 Å². The summed E-state index contributed by atoms with van der Waals surface area (Å²) in [5.41, 5.74) is 2.95. The van der Waals surface area contributed by atoms with Gasteiger partial charge >= 0.3 is 0 Å². The molecule has 6 heteroatoms. The van der Waals surface area contributed by atoms with E-state index < -0.39 is 0 Å². The molecule has 27 heavy (non-hydrogen) atoms. The fourth-order valence-corrected chi connectivity index (χ4v) is 2.94. The van der Waals surface area contributed by atoms with Crippen LogP contribution in [0.1, 0.15) is 21.5 Å². The zero-order valence-corrected chi connectivity index (χ0v) is 15.8. The van der Waals surface area contributed by atoms with E-state index in [4.69, 9.17) is 16.3 Å². The molecule has 1 aliphatic heterocycles. The topological polar surface area (TPSA) is 58.6 Å². The van der Waals surface area contributed by atoms with Crippen LogP contribution >= 0.6 is 11.6 Å². The smallest absolute Gasteiger partial charge is 0.254 e. The van der Waals surface area contributed by atoms with E-state index in [-0.39, 0.29) is 11.8 Å². The number of carbonyl (C=O) groups excluding carboxylic acids is 2. The minimum atomic E-state index is -0.275. The standard InChI is InChI=1S/C21H21ClN2O3/c1-15-5-6-16(13-19(15)22)7-8-20(25)23-18-4-2-3-17(14-18)21(26)24-9-11-27-12-10-24/h2-8,13-14H,9-12H2,1H3,(H,23,25). The lowest BCUT2D eigenvalue weighted by atomic mass is 10.1. The first-order valence-electron chi connectivity index (χ1n) is 8.75. The second-order valence-corrected chi connectivity index (χ2v) is 6.72. The number of amides is 2. The molecule has 1 saturated heterocycles. The van der Waals surface area contributed by atoms with Crippen molar-refractivity contribution in [3.63, 3.8) is 0 Å². The summed E-state index contributed by atoms with van der Waals surface area (Å²) in [6.07, 6.45) is 3.14. The summed E-state index contributed by atoms with van der Waals surface area (Å²) in [6, 6.07) is 12.6. The molecule has 1 fully saturated rings. The highest BCUT2D eigenvalue weighted by Crippen LogP contribution is 2.18. The van der Waals surface area contributed by atoms with Gasteiger partial charge in [-0.1, -0.05) is 29.8 Å². The Balaban J connectivity index is 1.64. The first-order valence-corrected chi connectivity index (χ1v) is 9.13. The van der Waals surface area contributed by atoms with E-state index in [1.807, 2.05) is 25.1 Å². The van der Waals surface area contributed by atoms with Crippen LogP contribution in [0.25, 0.3) is 6.08 Å². The van der Waals surface area contributed by atoms with Crippen molar-refractivity contribution in [2.45, 2.75) is 6.92 Å². The fourth-order valence-electron chi connectivity index (χ4n) is 2.75. The van der Waals surface area contributed by atoms with E-state index in [0.29, 0.717) is 42.6 Å². The maximum Gasteiger partial charge on any atom is 0.254 e. The Bertz CT molecular complexity index is 873. The van der Waals surface area contributed by atoms with Crippen LogP contribution in [-0.2, 0) is 9.53 Å². The Kier molecular flexibility index (Phi) is 6.27. The normalized spacial score (nSPS) is 14.4. The van der Waals surface area contributed by atoms with Crippen LogP contribution in [-0.4, -0.2) is 43.0 Å². The van der Waals surface area contributed by atoms with Crippen molar-refractivity contribution in [1.29, 1.82) is 0 Å². The highest BCUT2D eigenvalue weighted by Gasteiger charge is 2.18. The third-order valence-corrected chi connectivity index (χ3v) is 4.71. The molecular formula is C21H21ClN2O3. The number of nitrogens with zero attached hydrogens (tertiary/aromatic N) is 1. The number of anilines is 1. The first kappa shape index (κ1) is 19.1. The monoisotopic (exact) mass is 384 g/mol. The summed E-state index contributed by atoms with van der Waals surface area (Å²) < 4.78 is 5.27. The average molecular weight is 385 g/mol. The second-order valence-electron chi connectivity index (χ2n) is 6.32. The predicted octanol–water partition coefficient (Wildman–Crippen LogP) is 3.77. The Hall–Kier alpha value is -2.63. The number of benzene rings is 2. The molecule has 0 bridgehead atoms. The zero-order valence-electron chi connectivity index (χ0n) is 15.1. The number of aryl methyl sites for hydroxylation is 1. The molecule has 3 rings (SSSR count). The van der Waals surface area contributed by atoms with Gasteiger partial charge in [0.15, 0.2) is 0 Å². The molecule has 1 heterocycles. The maximum atomic E-state index is 12.5. The van der Waals surface area contributed by atoms with Gasteiger partial charge in [0.25, 0.3) is 5.91 Å². The van der Waals surface area contributed by atoms with Crippen molar-refractivity contribution >= 4 is 35.2 Å². The minimum absolute atomic E-state index is 0.0563. The molecule has 5 nitrogen and oxygen atoms in total. The molecule has 2 aromatic rings. The molecule has 0 unspecified atom stereocenters. The zero-order chi connectivity index (χ0) is 19.2. The molecule has 140 valence electrons. The van der Waals surface area contributed by atoms with Crippen molar-refractivity contribution in [2.75, 3.05) is 31.6 Å². The highest BCUT2D eigenvalue weighted by molar-refractivity contribution is 6.31. The number of hydrogen-bond acceptors (Lipinski definition) is 3. The molecule has 2 amide bonds. The van der Waals surface area contributed by atoms with Crippen LogP contribution in [0.2, 0.25) is 5.02 Å². The van der Waals surface area contributed by atoms with E-state index in [1.165, 1.54) is 6.08 Å². The van der Waals surface area contributed by atoms with Crippen LogP contribution < -0.4 is 5.32 Å².